The smallest absolute Gasteiger partial charge is 0.310 e. The van der Waals surface area contributed by atoms with Gasteiger partial charge in [0.05, 0.1) is 18.6 Å². The summed E-state index contributed by atoms with van der Waals surface area (Å²) in [5.74, 6) is -0.116. The number of fused-ring (bicyclic) bond motifs is 1. The largest absolute Gasteiger partial charge is 0.466 e. The van der Waals surface area contributed by atoms with Gasteiger partial charge in [-0.25, -0.2) is 0 Å². The van der Waals surface area contributed by atoms with Crippen LogP contribution in [0.1, 0.15) is 66.6 Å². The van der Waals surface area contributed by atoms with Crippen LogP contribution in [0.15, 0.2) is 30.3 Å². The zero-order chi connectivity index (χ0) is 21.6. The molecule has 4 heteroatoms. The number of hydrogen-bond acceptors (Lipinski definition) is 3. The molecule has 3 nitrogen and oxygen atoms in total. The van der Waals surface area contributed by atoms with Crippen LogP contribution < -0.4 is 0 Å². The minimum atomic E-state index is -0.500. The SMILES string of the molecule is CC(C)(C)O.CCOC(=O)Cc1c(C)c2c(c(C)c1Cc1ccccc1)CPC2. The maximum absolute atomic E-state index is 12.2. The Kier molecular flexibility index (Phi) is 8.43. The van der Waals surface area contributed by atoms with Gasteiger partial charge in [0.1, 0.15) is 0 Å². The summed E-state index contributed by atoms with van der Waals surface area (Å²) in [5, 5.41) is 8.52. The normalized spacial score (nSPS) is 13.6. The van der Waals surface area contributed by atoms with E-state index in [1.807, 2.05) is 13.0 Å². The highest BCUT2D eigenvalue weighted by Crippen LogP contribution is 2.42. The molecule has 1 heterocycles. The van der Waals surface area contributed by atoms with Gasteiger partial charge < -0.3 is 9.84 Å². The molecule has 0 saturated heterocycles. The standard InChI is InChI=1S/C21H25O2P.C4H10O/c1-4-23-21(22)11-18-15(3)20-13-24-12-19(20)14(2)17(18)10-16-8-6-5-7-9-16;1-4(2,3)5/h5-9,24H,4,10-13H2,1-3H3;5H,1-3H3. The second kappa shape index (κ2) is 10.4. The molecule has 0 fully saturated rings. The fourth-order valence-corrected chi connectivity index (χ4v) is 5.28. The number of ether oxygens (including phenoxy) is 1. The second-order valence-corrected chi connectivity index (χ2v) is 9.79. The molecule has 29 heavy (non-hydrogen) atoms. The lowest BCUT2D eigenvalue weighted by Crippen LogP contribution is -2.14. The lowest BCUT2D eigenvalue weighted by atomic mass is 9.85. The second-order valence-electron chi connectivity index (χ2n) is 8.58. The van der Waals surface area contributed by atoms with Gasteiger partial charge in [-0.2, -0.15) is 0 Å². The summed E-state index contributed by atoms with van der Waals surface area (Å²) in [6, 6.07) is 10.5. The van der Waals surface area contributed by atoms with Crippen molar-refractivity contribution in [3.63, 3.8) is 0 Å². The summed E-state index contributed by atoms with van der Waals surface area (Å²) in [6.45, 7) is 12.0. The van der Waals surface area contributed by atoms with Crippen LogP contribution in [-0.4, -0.2) is 23.3 Å². The summed E-state index contributed by atoms with van der Waals surface area (Å²) in [5.41, 5.74) is 9.05. The van der Waals surface area contributed by atoms with E-state index in [4.69, 9.17) is 9.84 Å². The molecule has 158 valence electrons. The molecule has 3 rings (SSSR count). The third kappa shape index (κ3) is 6.94. The first-order valence-electron chi connectivity index (χ1n) is 10.4. The molecule has 0 bridgehead atoms. The van der Waals surface area contributed by atoms with E-state index in [-0.39, 0.29) is 5.97 Å². The number of benzene rings is 2. The van der Waals surface area contributed by atoms with Crippen molar-refractivity contribution in [2.24, 2.45) is 0 Å². The van der Waals surface area contributed by atoms with E-state index in [2.05, 4.69) is 38.1 Å². The Morgan fingerprint density at radius 1 is 1.03 bits per heavy atom. The Balaban J connectivity index is 0.000000537. The van der Waals surface area contributed by atoms with Crippen molar-refractivity contribution < 1.29 is 14.6 Å². The van der Waals surface area contributed by atoms with E-state index in [0.717, 1.165) is 15.0 Å². The summed E-state index contributed by atoms with van der Waals surface area (Å²) in [7, 11) is 0.980. The average molecular weight is 415 g/mol. The van der Waals surface area contributed by atoms with Gasteiger partial charge in [-0.1, -0.05) is 30.3 Å². The van der Waals surface area contributed by atoms with E-state index < -0.39 is 5.60 Å². The molecule has 1 unspecified atom stereocenters. The average Bonchev–Trinajstić information content (AvgIpc) is 3.12. The van der Waals surface area contributed by atoms with Crippen molar-refractivity contribution in [2.75, 3.05) is 6.61 Å². The number of aliphatic hydroxyl groups is 1. The highest BCUT2D eigenvalue weighted by Gasteiger charge is 2.24. The lowest BCUT2D eigenvalue weighted by molar-refractivity contribution is -0.142. The summed E-state index contributed by atoms with van der Waals surface area (Å²) in [4.78, 5) is 12.2. The first-order valence-corrected chi connectivity index (χ1v) is 11.8. The van der Waals surface area contributed by atoms with E-state index >= 15 is 0 Å². The number of esters is 1. The minimum absolute atomic E-state index is 0.116. The molecule has 0 spiro atoms. The van der Waals surface area contributed by atoms with Crippen LogP contribution in [0.4, 0.5) is 0 Å². The third-order valence-electron chi connectivity index (χ3n) is 4.99. The molecular formula is C25H35O3P. The van der Waals surface area contributed by atoms with Gasteiger partial charge in [-0.15, -0.1) is 8.58 Å². The Morgan fingerprint density at radius 3 is 2.07 bits per heavy atom. The van der Waals surface area contributed by atoms with Crippen LogP contribution in [0, 0.1) is 13.8 Å². The van der Waals surface area contributed by atoms with Gasteiger partial charge in [-0.3, -0.25) is 4.79 Å². The molecule has 0 amide bonds. The topological polar surface area (TPSA) is 46.5 Å². The van der Waals surface area contributed by atoms with Crippen LogP contribution in [0.3, 0.4) is 0 Å². The molecule has 2 aromatic carbocycles. The monoisotopic (exact) mass is 414 g/mol. The Hall–Kier alpha value is -1.70. The van der Waals surface area contributed by atoms with Crippen LogP contribution in [0.5, 0.6) is 0 Å². The molecule has 2 aromatic rings. The van der Waals surface area contributed by atoms with Gasteiger partial charge in [0.15, 0.2) is 0 Å². The van der Waals surface area contributed by atoms with Gasteiger partial charge in [0.25, 0.3) is 0 Å². The molecule has 0 radical (unpaired) electrons. The molecule has 0 saturated carbocycles. The molecular weight excluding hydrogens is 379 g/mol. The zero-order valence-electron chi connectivity index (χ0n) is 18.7. The highest BCUT2D eigenvalue weighted by molar-refractivity contribution is 7.36. The van der Waals surface area contributed by atoms with Gasteiger partial charge in [0.2, 0.25) is 0 Å². The lowest BCUT2D eigenvalue weighted by Gasteiger charge is -2.20. The van der Waals surface area contributed by atoms with Crippen LogP contribution in [0.2, 0.25) is 0 Å². The Bertz CT molecular complexity index is 830. The van der Waals surface area contributed by atoms with Gasteiger partial charge in [0, 0.05) is 0 Å². The maximum atomic E-state index is 12.2. The number of carbonyl (C=O) groups excluding carboxylic acids is 1. The molecule has 1 N–H and O–H groups in total. The molecule has 0 aliphatic carbocycles. The predicted molar refractivity (Wildman–Crippen MR) is 123 cm³/mol. The molecule has 0 aromatic heterocycles. The van der Waals surface area contributed by atoms with E-state index in [0.29, 0.717) is 13.0 Å². The fourth-order valence-electron chi connectivity index (χ4n) is 3.70. The van der Waals surface area contributed by atoms with Gasteiger partial charge >= 0.3 is 5.97 Å². The number of hydrogen-bond donors (Lipinski definition) is 1. The van der Waals surface area contributed by atoms with Crippen molar-refractivity contribution in [2.45, 2.75) is 72.3 Å². The highest BCUT2D eigenvalue weighted by atomic mass is 31.1. The fraction of sp³-hybridized carbons (Fsp3) is 0.480. The Morgan fingerprint density at radius 2 is 1.55 bits per heavy atom. The summed E-state index contributed by atoms with van der Waals surface area (Å²) >= 11 is 0. The summed E-state index contributed by atoms with van der Waals surface area (Å²) in [6.07, 6.45) is 3.64. The zero-order valence-corrected chi connectivity index (χ0v) is 19.7. The summed E-state index contributed by atoms with van der Waals surface area (Å²) < 4.78 is 5.23. The quantitative estimate of drug-likeness (QED) is 0.521. The first kappa shape index (κ1) is 23.6. The molecule has 1 aliphatic rings. The molecule has 1 atom stereocenters. The van der Waals surface area contributed by atoms with Crippen molar-refractivity contribution in [3.05, 3.63) is 69.3 Å². The van der Waals surface area contributed by atoms with Crippen molar-refractivity contribution >= 4 is 14.6 Å². The van der Waals surface area contributed by atoms with Crippen molar-refractivity contribution in [1.82, 2.24) is 0 Å². The predicted octanol–water partition coefficient (Wildman–Crippen LogP) is 5.47. The van der Waals surface area contributed by atoms with Crippen LogP contribution in [0.25, 0.3) is 0 Å². The van der Waals surface area contributed by atoms with Crippen molar-refractivity contribution in [3.8, 4) is 0 Å². The van der Waals surface area contributed by atoms with E-state index in [9.17, 15) is 4.79 Å². The minimum Gasteiger partial charge on any atom is -0.466 e. The number of carbonyl (C=O) groups is 1. The van der Waals surface area contributed by atoms with Crippen LogP contribution in [-0.2, 0) is 34.7 Å². The number of rotatable bonds is 5. The molecule has 1 aliphatic heterocycles. The Labute approximate surface area is 177 Å². The van der Waals surface area contributed by atoms with Crippen LogP contribution >= 0.6 is 8.58 Å². The first-order chi connectivity index (χ1) is 13.6. The van der Waals surface area contributed by atoms with Crippen molar-refractivity contribution in [1.29, 1.82) is 0 Å². The van der Waals surface area contributed by atoms with E-state index in [1.165, 1.54) is 51.3 Å². The third-order valence-corrected chi connectivity index (χ3v) is 6.20. The van der Waals surface area contributed by atoms with Gasteiger partial charge in [-0.05, 0) is 99.2 Å². The van der Waals surface area contributed by atoms with E-state index in [1.54, 1.807) is 20.8 Å². The maximum Gasteiger partial charge on any atom is 0.310 e.